The van der Waals surface area contributed by atoms with Gasteiger partial charge in [0.15, 0.2) is 0 Å². The molecule has 1 aromatic rings. The lowest BCUT2D eigenvalue weighted by molar-refractivity contribution is -0.154. The molecule has 0 heterocycles. The van der Waals surface area contributed by atoms with Gasteiger partial charge >= 0.3 is 5.97 Å². The molecule has 6 atom stereocenters. The number of Topliss-reactive ketones (excluding diaryl/α,β-unsaturated/α-hetero) is 1. The highest BCUT2D eigenvalue weighted by molar-refractivity contribution is 5.78. The predicted molar refractivity (Wildman–Crippen MR) is 221 cm³/mol. The van der Waals surface area contributed by atoms with Gasteiger partial charge in [0.1, 0.15) is 17.7 Å². The van der Waals surface area contributed by atoms with Crippen LogP contribution in [0.3, 0.4) is 0 Å². The van der Waals surface area contributed by atoms with E-state index in [9.17, 15) is 14.4 Å². The summed E-state index contributed by atoms with van der Waals surface area (Å²) in [4.78, 5) is 32.9. The Balaban J connectivity index is 0.000000429. The van der Waals surface area contributed by atoms with Gasteiger partial charge in [-0.15, -0.1) is 6.58 Å². The van der Waals surface area contributed by atoms with E-state index in [1.165, 1.54) is 67.2 Å². The van der Waals surface area contributed by atoms with Crippen molar-refractivity contribution < 1.29 is 19.1 Å². The first-order valence-electron chi connectivity index (χ1n) is 20.7. The van der Waals surface area contributed by atoms with Crippen LogP contribution in [0.5, 0.6) is 0 Å². The maximum Gasteiger partial charge on any atom is 0.306 e. The smallest absolute Gasteiger partial charge is 0.306 e. The summed E-state index contributed by atoms with van der Waals surface area (Å²) in [7, 11) is 0. The Hall–Kier alpha value is -2.75. The minimum atomic E-state index is -0.326. The monoisotopic (exact) mass is 717 g/mol. The van der Waals surface area contributed by atoms with E-state index in [-0.39, 0.29) is 17.0 Å². The number of hydrogen-bond acceptors (Lipinski definition) is 4. The minimum absolute atomic E-state index is 0.137. The van der Waals surface area contributed by atoms with Crippen molar-refractivity contribution in [2.24, 2.45) is 28.6 Å². The number of carbonyl (C=O) groups is 3. The number of allylic oxidation sites excluding steroid dienone is 5. The van der Waals surface area contributed by atoms with Gasteiger partial charge in [0.2, 0.25) is 0 Å². The standard InChI is InChI=1S/C33H46O.C8H16O.C7H14O2/c1-6-9-11-23(4)24-12-14-25(15-13-24)30-22-33(5)27(8-3)17-19-31(33)29-18-16-26(20-21-34)28(10-7-2)32(29)30;1-5-7(9)6-8(2,3)4;1-5-6(8)9-7(2,3)4/h8,12-15,20-21,23,27,29-31H,3,6-7,9-11,16-19,22H2,1-2,4-5H3;5-6H2,1-4H3;5H2,1-4H3/b26-20-;;. The number of ether oxygens (including phenoxy) is 1. The molecule has 0 aromatic heterocycles. The lowest BCUT2D eigenvalue weighted by atomic mass is 9.52. The number of aldehydes is 1. The van der Waals surface area contributed by atoms with Crippen molar-refractivity contribution in [2.75, 3.05) is 0 Å². The van der Waals surface area contributed by atoms with Crippen LogP contribution in [0.15, 0.2) is 59.7 Å². The molecule has 0 radical (unpaired) electrons. The summed E-state index contributed by atoms with van der Waals surface area (Å²) < 4.78 is 4.95. The Labute approximate surface area is 319 Å². The van der Waals surface area contributed by atoms with E-state index in [4.69, 9.17) is 4.74 Å². The third kappa shape index (κ3) is 13.0. The predicted octanol–water partition coefficient (Wildman–Crippen LogP) is 13.5. The quantitative estimate of drug-likeness (QED) is 0.0935. The minimum Gasteiger partial charge on any atom is -0.460 e. The van der Waals surface area contributed by atoms with E-state index in [0.29, 0.717) is 54.1 Å². The van der Waals surface area contributed by atoms with E-state index in [2.05, 4.69) is 85.4 Å². The van der Waals surface area contributed by atoms with Gasteiger partial charge < -0.3 is 4.74 Å². The highest BCUT2D eigenvalue weighted by Crippen LogP contribution is 2.65. The van der Waals surface area contributed by atoms with Crippen molar-refractivity contribution in [1.82, 2.24) is 0 Å². The number of carbonyl (C=O) groups excluding carboxylic acids is 3. The van der Waals surface area contributed by atoms with Gasteiger partial charge in [0.25, 0.3) is 0 Å². The van der Waals surface area contributed by atoms with Crippen LogP contribution in [0.1, 0.15) is 190 Å². The largest absolute Gasteiger partial charge is 0.460 e. The first-order valence-corrected chi connectivity index (χ1v) is 20.7. The van der Waals surface area contributed by atoms with Gasteiger partial charge in [-0.25, -0.2) is 0 Å². The van der Waals surface area contributed by atoms with Gasteiger partial charge in [-0.05, 0) is 129 Å². The topological polar surface area (TPSA) is 60.4 Å². The second-order valence-corrected chi connectivity index (χ2v) is 18.2. The fraction of sp³-hybridized carbons (Fsp3) is 0.688. The van der Waals surface area contributed by atoms with Crippen molar-refractivity contribution in [3.8, 4) is 0 Å². The van der Waals surface area contributed by atoms with Crippen LogP contribution in [0.25, 0.3) is 0 Å². The molecule has 3 aliphatic rings. The number of fused-ring (bicyclic) bond motifs is 3. The van der Waals surface area contributed by atoms with E-state index in [1.54, 1.807) is 12.5 Å². The zero-order valence-corrected chi connectivity index (χ0v) is 35.5. The van der Waals surface area contributed by atoms with Crippen LogP contribution >= 0.6 is 0 Å². The molecule has 0 spiro atoms. The summed E-state index contributed by atoms with van der Waals surface area (Å²) >= 11 is 0. The van der Waals surface area contributed by atoms with E-state index in [1.807, 2.05) is 33.8 Å². The van der Waals surface area contributed by atoms with Gasteiger partial charge in [0, 0.05) is 25.2 Å². The molecule has 0 saturated heterocycles. The zero-order valence-electron chi connectivity index (χ0n) is 35.5. The summed E-state index contributed by atoms with van der Waals surface area (Å²) in [6.45, 7) is 29.3. The molecule has 4 rings (SSSR count). The second kappa shape index (κ2) is 20.6. The highest BCUT2D eigenvalue weighted by Gasteiger charge is 2.55. The van der Waals surface area contributed by atoms with E-state index in [0.717, 1.165) is 31.5 Å². The van der Waals surface area contributed by atoms with Crippen molar-refractivity contribution in [3.63, 3.8) is 0 Å². The first-order chi connectivity index (χ1) is 24.4. The van der Waals surface area contributed by atoms with E-state index < -0.39 is 0 Å². The Morgan fingerprint density at radius 1 is 0.962 bits per heavy atom. The maximum atomic E-state index is 11.5. The summed E-state index contributed by atoms with van der Waals surface area (Å²) in [6.07, 6.45) is 19.2. The summed E-state index contributed by atoms with van der Waals surface area (Å²) in [5, 5.41) is 0. The molecule has 2 saturated carbocycles. The molecule has 4 heteroatoms. The molecule has 52 heavy (non-hydrogen) atoms. The Kier molecular flexibility index (Phi) is 18.0. The summed E-state index contributed by atoms with van der Waals surface area (Å²) in [5.41, 5.74) is 7.69. The van der Waals surface area contributed by atoms with Crippen LogP contribution in [0.2, 0.25) is 0 Å². The van der Waals surface area contributed by atoms with Crippen LogP contribution in [0.4, 0.5) is 0 Å². The van der Waals surface area contributed by atoms with E-state index >= 15 is 0 Å². The molecule has 0 N–H and O–H groups in total. The molecule has 0 aliphatic heterocycles. The summed E-state index contributed by atoms with van der Waals surface area (Å²) in [6, 6.07) is 9.69. The van der Waals surface area contributed by atoms with Crippen LogP contribution in [-0.4, -0.2) is 23.6 Å². The fourth-order valence-corrected chi connectivity index (χ4v) is 9.09. The molecule has 1 aromatic carbocycles. The third-order valence-electron chi connectivity index (χ3n) is 11.6. The van der Waals surface area contributed by atoms with Gasteiger partial charge in [-0.2, -0.15) is 0 Å². The molecule has 2 fully saturated rings. The Bertz CT molecular complexity index is 1340. The Morgan fingerprint density at radius 3 is 2.08 bits per heavy atom. The Morgan fingerprint density at radius 2 is 1.62 bits per heavy atom. The van der Waals surface area contributed by atoms with Crippen molar-refractivity contribution in [3.05, 3.63) is 70.8 Å². The molecule has 292 valence electrons. The second-order valence-electron chi connectivity index (χ2n) is 18.2. The fourth-order valence-electron chi connectivity index (χ4n) is 9.09. The van der Waals surface area contributed by atoms with Gasteiger partial charge in [0.05, 0.1) is 0 Å². The number of hydrogen-bond donors (Lipinski definition) is 0. The van der Waals surface area contributed by atoms with Gasteiger partial charge in [-0.1, -0.05) is 117 Å². The lowest BCUT2D eigenvalue weighted by Gasteiger charge is -2.52. The van der Waals surface area contributed by atoms with Crippen LogP contribution < -0.4 is 0 Å². The third-order valence-corrected chi connectivity index (χ3v) is 11.6. The molecular weight excluding hydrogens is 641 g/mol. The number of rotatable bonds is 12. The summed E-state index contributed by atoms with van der Waals surface area (Å²) in [5.74, 6) is 3.34. The van der Waals surface area contributed by atoms with Crippen molar-refractivity contribution in [1.29, 1.82) is 0 Å². The van der Waals surface area contributed by atoms with Gasteiger partial charge in [-0.3, -0.25) is 14.4 Å². The average Bonchev–Trinajstić information content (AvgIpc) is 3.42. The molecular formula is C48H76O4. The number of benzene rings is 1. The number of ketones is 1. The SMILES string of the molecule is C=CC1CCC2C3CC/C(=C/C=O)C(CCC)=C3C(c3ccc(C(C)CCCC)cc3)CC12C.CCC(=O)CC(C)(C)C.CCC(=O)OC(C)(C)C. The number of esters is 1. The molecule has 0 bridgehead atoms. The average molecular weight is 717 g/mol. The van der Waals surface area contributed by atoms with Crippen LogP contribution in [0, 0.1) is 28.6 Å². The zero-order chi connectivity index (χ0) is 39.3. The lowest BCUT2D eigenvalue weighted by Crippen LogP contribution is -2.42. The molecule has 0 amide bonds. The molecule has 6 unspecified atom stereocenters. The highest BCUT2D eigenvalue weighted by atomic mass is 16.6. The molecule has 3 aliphatic carbocycles. The first kappa shape index (κ1) is 45.4. The maximum absolute atomic E-state index is 11.5. The molecule has 4 nitrogen and oxygen atoms in total. The van der Waals surface area contributed by atoms with Crippen LogP contribution in [-0.2, 0) is 19.1 Å². The van der Waals surface area contributed by atoms with Crippen molar-refractivity contribution in [2.45, 2.75) is 184 Å². The normalized spacial score (nSPS) is 25.4. The van der Waals surface area contributed by atoms with Crippen molar-refractivity contribution >= 4 is 18.0 Å². The number of unbranched alkanes of at least 4 members (excludes halogenated alkanes) is 1.